The third kappa shape index (κ3) is 21.0. The summed E-state index contributed by atoms with van der Waals surface area (Å²) >= 11 is 0. The van der Waals surface area contributed by atoms with E-state index >= 15 is 44.7 Å². The van der Waals surface area contributed by atoms with Crippen LogP contribution in [0.5, 0.6) is 5.75 Å². The topological polar surface area (TPSA) is 337 Å². The highest BCUT2D eigenvalue weighted by atomic mass is 31.2. The van der Waals surface area contributed by atoms with E-state index in [2.05, 4.69) is 56.9 Å². The second-order valence-electron chi connectivity index (χ2n) is 30.9. The fourth-order valence-electron chi connectivity index (χ4n) is 14.4. The first-order chi connectivity index (χ1) is 52.6. The zero-order valence-corrected chi connectivity index (χ0v) is 64.6. The van der Waals surface area contributed by atoms with Crippen LogP contribution < -0.4 is 30.8 Å². The number of aryl methyl sites for hydroxylation is 1. The minimum absolute atomic E-state index is 0.0147. The lowest BCUT2D eigenvalue weighted by Crippen LogP contribution is -2.64. The Labute approximate surface area is 643 Å². The number of phosphoric acid groups is 1. The first kappa shape index (κ1) is 87.3. The quantitative estimate of drug-likeness (QED) is 0.00679. The van der Waals surface area contributed by atoms with Crippen LogP contribution in [0.15, 0.2) is 73.2 Å². The molecule has 2 bridgehead atoms. The molecule has 616 valence electrons. The normalized spacial score (nSPS) is 18.6. The number of phosphoric ester groups is 1. The van der Waals surface area contributed by atoms with Crippen molar-refractivity contribution in [1.82, 2.24) is 55.9 Å². The van der Waals surface area contributed by atoms with Gasteiger partial charge in [-0.2, -0.15) is 40.2 Å². The summed E-state index contributed by atoms with van der Waals surface area (Å²) in [5.74, 6) is -3.75. The second kappa shape index (κ2) is 34.6. The molecule has 9 rings (SSSR count). The number of hydrogen-bond donors (Lipinski definition) is 6. The highest BCUT2D eigenvalue weighted by Crippen LogP contribution is 2.48. The number of benzene rings is 3. The molecule has 4 saturated heterocycles. The molecule has 6 heterocycles. The number of nitrogens with zero attached hydrogens (tertiary/aromatic N) is 8. The average molecular weight is 1620 g/mol. The van der Waals surface area contributed by atoms with E-state index in [9.17, 15) is 47.1 Å². The maximum atomic E-state index is 16.9. The number of ether oxygens (including phenoxy) is 5. The van der Waals surface area contributed by atoms with Crippen molar-refractivity contribution in [2.24, 2.45) is 16.2 Å². The lowest BCUT2D eigenvalue weighted by Gasteiger charge is -2.47. The van der Waals surface area contributed by atoms with Gasteiger partial charge < -0.3 is 54.0 Å². The molecule has 5 amide bonds. The fraction of sp³-hybridized carbons (Fsp3) is 0.541. The lowest BCUT2D eigenvalue weighted by molar-refractivity contribution is -0.221. The van der Waals surface area contributed by atoms with Crippen LogP contribution in [0.3, 0.4) is 0 Å². The van der Waals surface area contributed by atoms with Gasteiger partial charge in [0.25, 0.3) is 5.91 Å². The van der Waals surface area contributed by atoms with E-state index in [1.807, 2.05) is 5.32 Å². The Morgan fingerprint density at radius 1 is 0.761 bits per heavy atom. The van der Waals surface area contributed by atoms with E-state index in [0.29, 0.717) is 106 Å². The molecule has 0 aliphatic carbocycles. The summed E-state index contributed by atoms with van der Waals surface area (Å²) in [5, 5.41) is 10.1. The van der Waals surface area contributed by atoms with Crippen molar-refractivity contribution in [3.8, 4) is 28.8 Å². The third-order valence-corrected chi connectivity index (χ3v) is 21.0. The van der Waals surface area contributed by atoms with Gasteiger partial charge >= 0.3 is 50.8 Å². The standard InChI is InChI=1S/C74H89F10N12O16P/c1-40-23-45(28-57(97)94-39-69(2,3)29-54(94)64(101)107-10)59(55(24-40)112-113(104,105)106)70(4,5)30-58(98)111-56(36-93(91-63(100)61(89-68(103)109-12)72(8,9)74(82,83)84)35-49-50(75)26-44(27-51(49)76)52-21-22-95(90-52)65(77)78)53(87-62(99)60(88-67(102)108-11)71(6,7)73(79,80)81)25-42-16-13-41(14-17-42)15-18-43-31-85-66(86-32-43)92-33-46-19-20-47(34-92)96(46)48-37-110-38-48/h13-14,16-17,21-24,26-27,31-32,46-48,53-54,56,60-61,65H,19-20,25,28-30,33-39H2,1-12H3,(H,87,99)(H,88,102)(H,89,103)(H,91,100)(H2,104,105,106)/t46?,47?,53-,54-,56-,60+,61+/m0/s1. The van der Waals surface area contributed by atoms with Gasteiger partial charge in [-0.3, -0.25) is 39.3 Å². The van der Waals surface area contributed by atoms with Crippen LogP contribution in [0.4, 0.5) is 59.4 Å². The molecule has 2 aromatic heterocycles. The number of carbonyl (C=O) groups excluding carboxylic acids is 7. The van der Waals surface area contributed by atoms with Gasteiger partial charge in [-0.05, 0) is 119 Å². The molecule has 0 saturated carbocycles. The number of hydrazine groups is 1. The van der Waals surface area contributed by atoms with Gasteiger partial charge in [-0.15, -0.1) is 0 Å². The van der Waals surface area contributed by atoms with Gasteiger partial charge in [0.2, 0.25) is 17.8 Å². The number of alkyl halides is 8. The molecule has 4 aliphatic rings. The third-order valence-electron chi connectivity index (χ3n) is 20.6. The van der Waals surface area contributed by atoms with Crippen LogP contribution in [0.25, 0.3) is 11.3 Å². The molecule has 39 heteroatoms. The van der Waals surface area contributed by atoms with E-state index in [1.54, 1.807) is 19.2 Å². The first-order valence-corrected chi connectivity index (χ1v) is 37.1. The molecular weight excluding hydrogens is 1530 g/mol. The number of likely N-dealkylation sites (tertiary alicyclic amines) is 1. The Hall–Kier alpha value is -9.67. The van der Waals surface area contributed by atoms with E-state index in [0.717, 1.165) is 52.5 Å². The number of carbonyl (C=O) groups is 7. The van der Waals surface area contributed by atoms with Crippen LogP contribution in [0.1, 0.15) is 127 Å². The molecule has 0 spiro atoms. The monoisotopic (exact) mass is 1620 g/mol. The second-order valence-corrected chi connectivity index (χ2v) is 32.0. The number of halogens is 10. The molecule has 4 aliphatic heterocycles. The number of anilines is 1. The van der Waals surface area contributed by atoms with Gasteiger partial charge in [0.15, 0.2) is 0 Å². The maximum Gasteiger partial charge on any atom is 0.524 e. The van der Waals surface area contributed by atoms with E-state index in [1.165, 1.54) is 68.4 Å². The SMILES string of the molecule is COC(=O)N[C@H](C(=O)N[C@@H](Cc1ccc(C#Cc2cnc(N3CC4CCC(C3)N4C3COC3)nc2)cc1)[C@H](CN(Cc1c(F)cc(-c2ccn(C(F)F)n2)cc1F)NC(=O)[C@@H](NC(=O)OC)C(C)(C)C(F)(F)F)OC(=O)CC(C)(C)c1c(CC(=O)N2CC(C)(C)C[C@H]2C(=O)OC)cc(C)cc1OP(=O)(O)O)C(C)(C)C(F)(F)F. The summed E-state index contributed by atoms with van der Waals surface area (Å²) in [7, 11) is -2.98. The Balaban J connectivity index is 1.18. The highest BCUT2D eigenvalue weighted by molar-refractivity contribution is 7.46. The number of nitrogens with one attached hydrogen (secondary N) is 4. The minimum atomic E-state index is -5.59. The molecule has 0 radical (unpaired) electrons. The molecule has 5 aromatic rings. The van der Waals surface area contributed by atoms with Gasteiger partial charge in [0.05, 0.1) is 88.1 Å². The van der Waals surface area contributed by atoms with Crippen molar-refractivity contribution in [1.29, 1.82) is 0 Å². The number of fused-ring (bicyclic) bond motifs is 2. The van der Waals surface area contributed by atoms with Crippen LogP contribution in [0.2, 0.25) is 0 Å². The van der Waals surface area contributed by atoms with Gasteiger partial charge in [0.1, 0.15) is 41.6 Å². The zero-order valence-electron chi connectivity index (χ0n) is 63.7. The molecule has 2 unspecified atom stereocenters. The molecule has 113 heavy (non-hydrogen) atoms. The Kier molecular flexibility index (Phi) is 26.7. The fourth-order valence-corrected chi connectivity index (χ4v) is 14.8. The van der Waals surface area contributed by atoms with Crippen molar-refractivity contribution in [2.45, 2.75) is 180 Å². The summed E-state index contributed by atoms with van der Waals surface area (Å²) in [6, 6.07) is 2.78. The number of aromatic nitrogens is 4. The number of methoxy groups -OCH3 is 3. The molecule has 6 N–H and O–H groups in total. The molecule has 7 atom stereocenters. The largest absolute Gasteiger partial charge is 0.524 e. The Bertz CT molecular complexity index is 4420. The van der Waals surface area contributed by atoms with Crippen molar-refractivity contribution >= 4 is 55.6 Å². The van der Waals surface area contributed by atoms with Crippen LogP contribution in [-0.4, -0.2) is 208 Å². The van der Waals surface area contributed by atoms with Crippen LogP contribution in [-0.2, 0) is 77.0 Å². The van der Waals surface area contributed by atoms with Crippen molar-refractivity contribution in [3.05, 3.63) is 124 Å². The van der Waals surface area contributed by atoms with Crippen LogP contribution >= 0.6 is 7.82 Å². The van der Waals surface area contributed by atoms with Crippen molar-refractivity contribution in [3.63, 3.8) is 0 Å². The number of esters is 2. The summed E-state index contributed by atoms with van der Waals surface area (Å²) in [5.41, 5.74) is -8.26. The molecular formula is C74H89F10N12O16P. The lowest BCUT2D eigenvalue weighted by atomic mass is 9.77. The predicted molar refractivity (Wildman–Crippen MR) is 382 cm³/mol. The zero-order chi connectivity index (χ0) is 83.4. The van der Waals surface area contributed by atoms with Crippen LogP contribution in [0, 0.1) is 46.6 Å². The van der Waals surface area contributed by atoms with Gasteiger partial charge in [-0.25, -0.2) is 47.4 Å². The molecule has 28 nitrogen and oxygen atoms in total. The maximum absolute atomic E-state index is 16.9. The number of rotatable bonds is 28. The summed E-state index contributed by atoms with van der Waals surface area (Å²) in [6.07, 6.45) is -12.7. The number of alkyl carbamates (subject to hydrolysis) is 2. The van der Waals surface area contributed by atoms with Gasteiger partial charge in [0, 0.05) is 84.5 Å². The average Bonchev–Trinajstić information content (AvgIpc) is 1.67. The first-order valence-electron chi connectivity index (χ1n) is 35.6. The highest BCUT2D eigenvalue weighted by Gasteiger charge is 2.58. The molecule has 4 fully saturated rings. The van der Waals surface area contributed by atoms with Crippen molar-refractivity contribution < 1.29 is 120 Å². The van der Waals surface area contributed by atoms with E-state index in [4.69, 9.17) is 18.7 Å². The minimum Gasteiger partial charge on any atom is -0.467 e. The van der Waals surface area contributed by atoms with Crippen molar-refractivity contribution in [2.75, 3.05) is 65.6 Å². The summed E-state index contributed by atoms with van der Waals surface area (Å²) in [6.45, 7) is 6.53. The van der Waals surface area contributed by atoms with E-state index < -0.39 is 187 Å². The molecule has 3 aromatic carbocycles. The number of hydrogen-bond acceptors (Lipinski definition) is 20. The summed E-state index contributed by atoms with van der Waals surface area (Å²) < 4.78 is 197. The number of piperazine rings is 1. The number of amides is 5. The predicted octanol–water partition coefficient (Wildman–Crippen LogP) is 9.05. The Morgan fingerprint density at radius 3 is 1.84 bits per heavy atom. The van der Waals surface area contributed by atoms with E-state index in [-0.39, 0.29) is 39.9 Å². The summed E-state index contributed by atoms with van der Waals surface area (Å²) in [4.78, 5) is 135. The van der Waals surface area contributed by atoms with Gasteiger partial charge in [-0.1, -0.05) is 57.7 Å². The smallest absolute Gasteiger partial charge is 0.467 e. The Morgan fingerprint density at radius 2 is 1.33 bits per heavy atom.